The summed E-state index contributed by atoms with van der Waals surface area (Å²) in [5.74, 6) is 1.08. The summed E-state index contributed by atoms with van der Waals surface area (Å²) >= 11 is 0. The highest BCUT2D eigenvalue weighted by molar-refractivity contribution is 7.86. The summed E-state index contributed by atoms with van der Waals surface area (Å²) < 4.78 is 14.0. The minimum absolute atomic E-state index is 0.0414. The number of nitrogens with one attached hydrogen (secondary N) is 1. The number of rotatable bonds is 2. The van der Waals surface area contributed by atoms with Crippen LogP contribution in [0.25, 0.3) is 11.2 Å². The minimum Gasteiger partial charge on any atom is -0.320 e. The van der Waals surface area contributed by atoms with Gasteiger partial charge in [-0.05, 0) is 6.92 Å². The van der Waals surface area contributed by atoms with Gasteiger partial charge in [-0.2, -0.15) is 0 Å². The van der Waals surface area contributed by atoms with Gasteiger partial charge in [-0.1, -0.05) is 0 Å². The van der Waals surface area contributed by atoms with Gasteiger partial charge in [-0.15, -0.1) is 0 Å². The summed E-state index contributed by atoms with van der Waals surface area (Å²) in [5.41, 5.74) is -0.102. The van der Waals surface area contributed by atoms with E-state index < -0.39 is 16.5 Å². The summed E-state index contributed by atoms with van der Waals surface area (Å²) in [6.07, 6.45) is 1.53. The number of aromatic amines is 1. The van der Waals surface area contributed by atoms with Gasteiger partial charge >= 0.3 is 5.69 Å². The second-order valence-corrected chi connectivity index (χ2v) is 5.80. The number of aromatic nitrogens is 4. The molecule has 3 rings (SSSR count). The van der Waals surface area contributed by atoms with E-state index in [4.69, 9.17) is 0 Å². The first kappa shape index (κ1) is 11.4. The predicted octanol–water partition coefficient (Wildman–Crippen LogP) is -0.790. The Bertz CT molecular complexity index is 749. The highest BCUT2D eigenvalue weighted by Crippen LogP contribution is 2.22. The van der Waals surface area contributed by atoms with Crippen LogP contribution in [0.3, 0.4) is 0 Å². The molecule has 0 unspecified atom stereocenters. The first-order valence-electron chi connectivity index (χ1n) is 5.66. The Hall–Kier alpha value is -1.70. The summed E-state index contributed by atoms with van der Waals surface area (Å²) in [4.78, 5) is 30.4. The maximum Gasteiger partial charge on any atom is 0.330 e. The largest absolute Gasteiger partial charge is 0.330 e. The zero-order chi connectivity index (χ0) is 12.9. The van der Waals surface area contributed by atoms with Crippen LogP contribution < -0.4 is 11.2 Å². The van der Waals surface area contributed by atoms with E-state index in [1.165, 1.54) is 6.33 Å². The van der Waals surface area contributed by atoms with E-state index in [1.807, 2.05) is 0 Å². The predicted molar refractivity (Wildman–Crippen MR) is 67.2 cm³/mol. The van der Waals surface area contributed by atoms with E-state index >= 15 is 0 Å². The Morgan fingerprint density at radius 1 is 1.50 bits per heavy atom. The second-order valence-electron chi connectivity index (χ2n) is 4.26. The van der Waals surface area contributed by atoms with E-state index in [0.29, 0.717) is 29.2 Å². The number of hydrogen-bond donors (Lipinski definition) is 1. The molecule has 1 fully saturated rings. The molecule has 96 valence electrons. The molecule has 0 aromatic carbocycles. The van der Waals surface area contributed by atoms with Crippen molar-refractivity contribution in [3.63, 3.8) is 0 Å². The number of fused-ring (bicyclic) bond motifs is 1. The van der Waals surface area contributed by atoms with Crippen molar-refractivity contribution in [3.05, 3.63) is 27.2 Å². The normalized spacial score (nSPS) is 23.2. The van der Waals surface area contributed by atoms with Gasteiger partial charge in [0.2, 0.25) is 0 Å². The molecule has 1 aliphatic heterocycles. The van der Waals surface area contributed by atoms with Crippen molar-refractivity contribution in [3.8, 4) is 0 Å². The monoisotopic (exact) mass is 268 g/mol. The van der Waals surface area contributed by atoms with Gasteiger partial charge in [0.25, 0.3) is 5.56 Å². The topological polar surface area (TPSA) is 89.8 Å². The molecule has 0 amide bonds. The molecule has 0 spiro atoms. The lowest BCUT2D eigenvalue weighted by molar-refractivity contribution is 0.565. The van der Waals surface area contributed by atoms with Crippen molar-refractivity contribution in [2.75, 3.05) is 11.5 Å². The summed E-state index contributed by atoms with van der Waals surface area (Å²) in [7, 11) is -0.797. The number of H-pyrrole nitrogens is 1. The molecule has 0 bridgehead atoms. The lowest BCUT2D eigenvalue weighted by Crippen LogP contribution is -2.38. The van der Waals surface area contributed by atoms with Crippen LogP contribution in [0.4, 0.5) is 0 Å². The fourth-order valence-electron chi connectivity index (χ4n) is 2.16. The lowest BCUT2D eigenvalue weighted by atomic mass is 10.3. The van der Waals surface area contributed by atoms with Gasteiger partial charge in [0.15, 0.2) is 11.2 Å². The van der Waals surface area contributed by atoms with Crippen molar-refractivity contribution in [1.82, 2.24) is 19.1 Å². The fraction of sp³-hybridized carbons (Fsp3) is 0.500. The van der Waals surface area contributed by atoms with Crippen LogP contribution >= 0.6 is 0 Å². The maximum atomic E-state index is 12.2. The Morgan fingerprint density at radius 3 is 2.83 bits per heavy atom. The van der Waals surface area contributed by atoms with Crippen LogP contribution in [0.1, 0.15) is 13.0 Å². The molecule has 2 aromatic heterocycles. The third kappa shape index (κ3) is 1.48. The summed E-state index contributed by atoms with van der Waals surface area (Å²) in [6, 6.07) is 0.0414. The third-order valence-electron chi connectivity index (χ3n) is 3.18. The Balaban J connectivity index is 2.27. The van der Waals surface area contributed by atoms with E-state index in [0.717, 1.165) is 4.57 Å². The fourth-order valence-corrected chi connectivity index (χ4v) is 3.24. The molecule has 2 aromatic rings. The first-order valence-corrected chi connectivity index (χ1v) is 7.15. The summed E-state index contributed by atoms with van der Waals surface area (Å²) in [5, 5.41) is 0. The van der Waals surface area contributed by atoms with Crippen LogP contribution in [0.15, 0.2) is 15.9 Å². The van der Waals surface area contributed by atoms with Crippen molar-refractivity contribution in [1.29, 1.82) is 0 Å². The third-order valence-corrected chi connectivity index (χ3v) is 4.69. The van der Waals surface area contributed by atoms with Crippen LogP contribution in [0.2, 0.25) is 0 Å². The molecule has 1 N–H and O–H groups in total. The van der Waals surface area contributed by atoms with E-state index in [2.05, 4.69) is 9.97 Å². The van der Waals surface area contributed by atoms with Gasteiger partial charge in [-0.3, -0.25) is 18.6 Å². The zero-order valence-corrected chi connectivity index (χ0v) is 10.6. The minimum atomic E-state index is -0.797. The molecule has 8 heteroatoms. The summed E-state index contributed by atoms with van der Waals surface area (Å²) in [6.45, 7) is 2.05. The van der Waals surface area contributed by atoms with E-state index in [9.17, 15) is 13.8 Å². The Labute approximate surface area is 104 Å². The molecular weight excluding hydrogens is 256 g/mol. The highest BCUT2D eigenvalue weighted by atomic mass is 32.2. The number of imidazole rings is 1. The van der Waals surface area contributed by atoms with Crippen molar-refractivity contribution < 1.29 is 4.21 Å². The SMILES string of the molecule is CCn1c(=O)[nH]c2ncn(C3CS(=O)C3)c2c1=O. The quantitative estimate of drug-likeness (QED) is 0.773. The molecule has 7 nitrogen and oxygen atoms in total. The first-order chi connectivity index (χ1) is 8.61. The average Bonchev–Trinajstić information content (AvgIpc) is 2.69. The molecular formula is C10H12N4O3S. The van der Waals surface area contributed by atoms with Crippen molar-refractivity contribution >= 4 is 22.0 Å². The Morgan fingerprint density at radius 2 is 2.22 bits per heavy atom. The lowest BCUT2D eigenvalue weighted by Gasteiger charge is -2.26. The smallest absolute Gasteiger partial charge is 0.320 e. The molecule has 1 aliphatic rings. The molecule has 18 heavy (non-hydrogen) atoms. The molecule has 0 aliphatic carbocycles. The van der Waals surface area contributed by atoms with Gasteiger partial charge in [0.05, 0.1) is 12.4 Å². The van der Waals surface area contributed by atoms with Crippen LogP contribution in [0.5, 0.6) is 0 Å². The molecule has 0 saturated carbocycles. The van der Waals surface area contributed by atoms with Crippen LogP contribution in [-0.4, -0.2) is 34.8 Å². The van der Waals surface area contributed by atoms with Gasteiger partial charge in [0.1, 0.15) is 0 Å². The molecule has 0 atom stereocenters. The molecule has 3 heterocycles. The van der Waals surface area contributed by atoms with Crippen molar-refractivity contribution in [2.45, 2.75) is 19.5 Å². The molecule has 0 radical (unpaired) electrons. The van der Waals surface area contributed by atoms with Crippen LogP contribution in [-0.2, 0) is 17.3 Å². The second kappa shape index (κ2) is 3.91. The standard InChI is InChI=1S/C10H12N4O3S/c1-2-13-9(15)7-8(12-10(13)16)11-5-14(7)6-3-18(17)4-6/h5-6H,2-4H2,1H3,(H,12,16). The van der Waals surface area contributed by atoms with Crippen LogP contribution in [0, 0.1) is 0 Å². The van der Waals surface area contributed by atoms with E-state index in [-0.39, 0.29) is 11.6 Å². The Kier molecular flexibility index (Phi) is 2.47. The number of nitrogens with zero attached hydrogens (tertiary/aromatic N) is 3. The van der Waals surface area contributed by atoms with E-state index in [1.54, 1.807) is 11.5 Å². The van der Waals surface area contributed by atoms with Gasteiger partial charge in [-0.25, -0.2) is 9.78 Å². The average molecular weight is 268 g/mol. The zero-order valence-electron chi connectivity index (χ0n) is 9.75. The van der Waals surface area contributed by atoms with Crippen molar-refractivity contribution in [2.24, 2.45) is 0 Å². The van der Waals surface area contributed by atoms with Gasteiger partial charge in [0, 0.05) is 28.9 Å². The maximum absolute atomic E-state index is 12.2. The molecule has 1 saturated heterocycles. The van der Waals surface area contributed by atoms with Gasteiger partial charge < -0.3 is 4.57 Å². The highest BCUT2D eigenvalue weighted by Gasteiger charge is 2.29. The number of hydrogen-bond acceptors (Lipinski definition) is 4.